The molecule has 2 aliphatic rings. The third-order valence-electron chi connectivity index (χ3n) is 6.90. The number of fused-ring (bicyclic) bond motifs is 1. The number of rotatable bonds is 2. The Labute approximate surface area is 187 Å². The maximum absolute atomic E-state index is 6.22. The van der Waals surface area contributed by atoms with Crippen LogP contribution in [0.2, 0.25) is 0 Å². The summed E-state index contributed by atoms with van der Waals surface area (Å²) in [6.45, 7) is 13.4. The van der Waals surface area contributed by atoms with Gasteiger partial charge in [-0.3, -0.25) is 0 Å². The van der Waals surface area contributed by atoms with Crippen LogP contribution < -0.4 is 5.30 Å². The summed E-state index contributed by atoms with van der Waals surface area (Å²) in [7, 11) is -0.468. The van der Waals surface area contributed by atoms with E-state index in [4.69, 9.17) is 9.47 Å². The average Bonchev–Trinajstić information content (AvgIpc) is 3.13. The third-order valence-corrected chi connectivity index (χ3v) is 10.5. The second-order valence-corrected chi connectivity index (χ2v) is 14.0. The van der Waals surface area contributed by atoms with Crippen molar-refractivity contribution in [2.45, 2.75) is 63.6 Å². The van der Waals surface area contributed by atoms with Crippen LogP contribution >= 0.6 is 7.92 Å². The van der Waals surface area contributed by atoms with E-state index in [0.717, 1.165) is 26.1 Å². The van der Waals surface area contributed by atoms with Crippen LogP contribution in [-0.4, -0.2) is 29.3 Å². The van der Waals surface area contributed by atoms with E-state index in [-0.39, 0.29) is 10.3 Å². The van der Waals surface area contributed by atoms with Gasteiger partial charge in [-0.05, 0) is 44.4 Å². The normalized spacial score (nSPS) is 22.2. The molecular formula is C28H33O2P. The van der Waals surface area contributed by atoms with Crippen LogP contribution in [0.4, 0.5) is 0 Å². The first-order chi connectivity index (χ1) is 14.7. The largest absolute Gasteiger partial charge is 0.347 e. The Balaban J connectivity index is 1.69. The van der Waals surface area contributed by atoms with Crippen molar-refractivity contribution in [3.63, 3.8) is 0 Å². The van der Waals surface area contributed by atoms with Crippen LogP contribution in [0.25, 0.3) is 21.9 Å². The number of aryl methyl sites for hydroxylation is 1. The van der Waals surface area contributed by atoms with E-state index in [9.17, 15) is 0 Å². The van der Waals surface area contributed by atoms with Gasteiger partial charge >= 0.3 is 0 Å². The van der Waals surface area contributed by atoms with Crippen molar-refractivity contribution < 1.29 is 9.47 Å². The summed E-state index contributed by atoms with van der Waals surface area (Å²) < 4.78 is 12.4. The van der Waals surface area contributed by atoms with E-state index in [0.29, 0.717) is 0 Å². The van der Waals surface area contributed by atoms with Crippen LogP contribution in [0, 0.1) is 6.92 Å². The molecule has 2 heterocycles. The molecule has 2 fully saturated rings. The number of hydrogen-bond donors (Lipinski definition) is 0. The average molecular weight is 433 g/mol. The minimum Gasteiger partial charge on any atom is -0.347 e. The molecule has 0 unspecified atom stereocenters. The molecule has 0 saturated carbocycles. The zero-order valence-electron chi connectivity index (χ0n) is 19.4. The molecule has 3 heteroatoms. The lowest BCUT2D eigenvalue weighted by Crippen LogP contribution is -2.52. The summed E-state index contributed by atoms with van der Waals surface area (Å²) in [4.78, 5) is 0. The van der Waals surface area contributed by atoms with Gasteiger partial charge in [0.2, 0.25) is 0 Å². The predicted octanol–water partition coefficient (Wildman–Crippen LogP) is 7.02. The highest BCUT2D eigenvalue weighted by Crippen LogP contribution is 2.68. The zero-order chi connectivity index (χ0) is 21.9. The zero-order valence-corrected chi connectivity index (χ0v) is 20.3. The van der Waals surface area contributed by atoms with Gasteiger partial charge in [0, 0.05) is 12.8 Å². The molecule has 0 atom stereocenters. The predicted molar refractivity (Wildman–Crippen MR) is 133 cm³/mol. The number of hydrogen-bond acceptors (Lipinski definition) is 2. The van der Waals surface area contributed by atoms with Gasteiger partial charge in [-0.25, -0.2) is 0 Å². The quantitative estimate of drug-likeness (QED) is 0.405. The Hall–Kier alpha value is -1.73. The second-order valence-electron chi connectivity index (χ2n) is 10.5. The summed E-state index contributed by atoms with van der Waals surface area (Å²) in [5.74, 6) is -0.407. The molecule has 3 aromatic rings. The molecule has 2 saturated heterocycles. The van der Waals surface area contributed by atoms with Crippen LogP contribution in [0.1, 0.15) is 46.1 Å². The summed E-state index contributed by atoms with van der Waals surface area (Å²) in [5, 5.41) is 4.36. The molecule has 0 radical (unpaired) electrons. The third kappa shape index (κ3) is 3.63. The molecule has 162 valence electrons. The molecular weight excluding hydrogens is 399 g/mol. The summed E-state index contributed by atoms with van der Waals surface area (Å²) in [6, 6.07) is 22.6. The van der Waals surface area contributed by atoms with Crippen molar-refractivity contribution in [1.82, 2.24) is 0 Å². The van der Waals surface area contributed by atoms with E-state index in [1.165, 1.54) is 32.8 Å². The topological polar surface area (TPSA) is 18.5 Å². The first-order valence-electron chi connectivity index (χ1n) is 11.4. The summed E-state index contributed by atoms with van der Waals surface area (Å²) >= 11 is 0. The molecule has 1 spiro atoms. The van der Waals surface area contributed by atoms with Crippen LogP contribution in [0.5, 0.6) is 0 Å². The fourth-order valence-corrected chi connectivity index (χ4v) is 10.6. The van der Waals surface area contributed by atoms with Crippen molar-refractivity contribution in [2.24, 2.45) is 0 Å². The molecule has 2 aliphatic heterocycles. The Morgan fingerprint density at radius 1 is 0.742 bits per heavy atom. The minimum atomic E-state index is -0.468. The lowest BCUT2D eigenvalue weighted by Gasteiger charge is -2.55. The van der Waals surface area contributed by atoms with Crippen LogP contribution in [0.15, 0.2) is 60.7 Å². The van der Waals surface area contributed by atoms with Crippen LogP contribution in [-0.2, 0) is 9.47 Å². The van der Waals surface area contributed by atoms with Crippen molar-refractivity contribution >= 4 is 24.0 Å². The van der Waals surface area contributed by atoms with Crippen molar-refractivity contribution in [3.8, 4) is 11.1 Å². The Morgan fingerprint density at radius 3 is 2.10 bits per heavy atom. The van der Waals surface area contributed by atoms with Crippen molar-refractivity contribution in [1.29, 1.82) is 0 Å². The van der Waals surface area contributed by atoms with Gasteiger partial charge in [0.15, 0.2) is 5.79 Å². The molecule has 0 aromatic heterocycles. The second kappa shape index (κ2) is 7.41. The molecule has 5 rings (SSSR count). The highest BCUT2D eigenvalue weighted by atomic mass is 31.1. The molecule has 0 N–H and O–H groups in total. The SMILES string of the molecule is Cc1ccc(P2C(C)(C)CC3(CC2(C)C)OCCO3)c(-c2cccc3ccccc23)c1. The molecule has 3 aromatic carbocycles. The van der Waals surface area contributed by atoms with Gasteiger partial charge in [0.1, 0.15) is 0 Å². The fraction of sp³-hybridized carbons (Fsp3) is 0.429. The lowest BCUT2D eigenvalue weighted by molar-refractivity contribution is -0.178. The number of ether oxygens (including phenoxy) is 2. The highest BCUT2D eigenvalue weighted by molar-refractivity contribution is 7.69. The van der Waals surface area contributed by atoms with E-state index in [2.05, 4.69) is 95.3 Å². The fourth-order valence-electron chi connectivity index (χ4n) is 6.23. The number of benzene rings is 3. The molecule has 2 nitrogen and oxygen atoms in total. The van der Waals surface area contributed by atoms with Crippen LogP contribution in [0.3, 0.4) is 0 Å². The maximum Gasteiger partial charge on any atom is 0.170 e. The maximum atomic E-state index is 6.22. The van der Waals surface area contributed by atoms with Crippen molar-refractivity contribution in [2.75, 3.05) is 13.2 Å². The van der Waals surface area contributed by atoms with E-state index < -0.39 is 13.7 Å². The smallest absolute Gasteiger partial charge is 0.170 e. The Morgan fingerprint density at radius 2 is 1.39 bits per heavy atom. The molecule has 31 heavy (non-hydrogen) atoms. The van der Waals surface area contributed by atoms with Gasteiger partial charge in [-0.15, -0.1) is 0 Å². The first kappa shape index (κ1) is 21.1. The monoisotopic (exact) mass is 432 g/mol. The van der Waals surface area contributed by atoms with Gasteiger partial charge in [-0.2, -0.15) is 0 Å². The van der Waals surface area contributed by atoms with E-state index in [1.54, 1.807) is 0 Å². The Kier molecular flexibility index (Phi) is 5.05. The van der Waals surface area contributed by atoms with Gasteiger partial charge in [-0.1, -0.05) is 102 Å². The summed E-state index contributed by atoms with van der Waals surface area (Å²) in [6.07, 6.45) is 1.91. The van der Waals surface area contributed by atoms with Gasteiger partial charge in [0.05, 0.1) is 13.2 Å². The van der Waals surface area contributed by atoms with Gasteiger partial charge in [0.25, 0.3) is 0 Å². The van der Waals surface area contributed by atoms with E-state index in [1.807, 2.05) is 0 Å². The van der Waals surface area contributed by atoms with Gasteiger partial charge < -0.3 is 9.47 Å². The highest BCUT2D eigenvalue weighted by Gasteiger charge is 2.57. The Bertz CT molecular complexity index is 1100. The van der Waals surface area contributed by atoms with Crippen molar-refractivity contribution in [3.05, 3.63) is 66.2 Å². The minimum absolute atomic E-state index is 0.107. The molecule has 0 amide bonds. The standard InChI is InChI=1S/C28H33O2P/c1-20-13-14-25(24(17-20)23-12-8-10-21-9-6-7-11-22(21)23)31-26(2,3)18-28(19-27(31,4)5)29-15-16-30-28/h6-14,17H,15-16,18-19H2,1-5H3. The summed E-state index contributed by atoms with van der Waals surface area (Å²) in [5.41, 5.74) is 4.06. The molecule has 0 aliphatic carbocycles. The first-order valence-corrected chi connectivity index (χ1v) is 12.7. The lowest BCUT2D eigenvalue weighted by atomic mass is 9.91. The van der Waals surface area contributed by atoms with E-state index >= 15 is 0 Å². The molecule has 0 bridgehead atoms.